The zero-order chi connectivity index (χ0) is 19.8. The van der Waals surface area contributed by atoms with Crippen molar-refractivity contribution in [3.8, 4) is 11.3 Å². The molecule has 0 saturated heterocycles. The lowest BCUT2D eigenvalue weighted by molar-refractivity contribution is -0.144. The van der Waals surface area contributed by atoms with Crippen LogP contribution in [-0.2, 0) is 19.1 Å². The summed E-state index contributed by atoms with van der Waals surface area (Å²) in [5.74, 6) is -2.10. The van der Waals surface area contributed by atoms with Crippen LogP contribution in [0.15, 0.2) is 42.6 Å². The van der Waals surface area contributed by atoms with Gasteiger partial charge in [-0.05, 0) is 30.7 Å². The van der Waals surface area contributed by atoms with Crippen LogP contribution in [0, 0.1) is 5.82 Å². The van der Waals surface area contributed by atoms with Gasteiger partial charge in [0.2, 0.25) is 0 Å². The average Bonchev–Trinajstić information content (AvgIpc) is 2.70. The molecule has 142 valence electrons. The lowest BCUT2D eigenvalue weighted by atomic mass is 10.1. The molecule has 0 bridgehead atoms. The van der Waals surface area contributed by atoms with E-state index in [0.717, 1.165) is 0 Å². The number of hydrogen-bond donors (Lipinski definition) is 1. The number of hydrogen-bond acceptors (Lipinski definition) is 6. The zero-order valence-corrected chi connectivity index (χ0v) is 14.9. The Labute approximate surface area is 155 Å². The number of methoxy groups -OCH3 is 2. The number of halogens is 1. The maximum atomic E-state index is 13.3. The van der Waals surface area contributed by atoms with E-state index in [1.54, 1.807) is 18.2 Å². The van der Waals surface area contributed by atoms with Crippen LogP contribution in [0.3, 0.4) is 0 Å². The normalized spacial score (nSPS) is 11.4. The van der Waals surface area contributed by atoms with E-state index in [2.05, 4.69) is 19.8 Å². The minimum atomic E-state index is -0.996. The first-order valence-electron chi connectivity index (χ1n) is 8.12. The average molecular weight is 374 g/mol. The third-order valence-corrected chi connectivity index (χ3v) is 3.80. The molecular formula is C19H19FN2O5. The molecule has 1 heterocycles. The first-order valence-corrected chi connectivity index (χ1v) is 8.12. The number of nitrogens with zero attached hydrogens (tertiary/aromatic N) is 1. The van der Waals surface area contributed by atoms with Gasteiger partial charge in [0.25, 0.3) is 5.91 Å². The highest BCUT2D eigenvalue weighted by Crippen LogP contribution is 2.18. The number of esters is 2. The third-order valence-electron chi connectivity index (χ3n) is 3.80. The highest BCUT2D eigenvalue weighted by molar-refractivity contribution is 5.96. The van der Waals surface area contributed by atoms with Crippen LogP contribution in [0.2, 0.25) is 0 Å². The second kappa shape index (κ2) is 9.42. The molecule has 0 radical (unpaired) electrons. The van der Waals surface area contributed by atoms with Crippen LogP contribution < -0.4 is 5.32 Å². The van der Waals surface area contributed by atoms with Crippen LogP contribution in [0.1, 0.15) is 23.2 Å². The van der Waals surface area contributed by atoms with Crippen LogP contribution >= 0.6 is 0 Å². The van der Waals surface area contributed by atoms with E-state index in [1.807, 2.05) is 0 Å². The molecule has 0 aliphatic heterocycles. The first-order chi connectivity index (χ1) is 12.9. The molecule has 0 fully saturated rings. The van der Waals surface area contributed by atoms with Gasteiger partial charge < -0.3 is 14.8 Å². The summed E-state index contributed by atoms with van der Waals surface area (Å²) in [6.07, 6.45) is 1.32. The summed E-state index contributed by atoms with van der Waals surface area (Å²) in [5.41, 5.74) is 1.29. The first kappa shape index (κ1) is 20.0. The summed E-state index contributed by atoms with van der Waals surface area (Å²) in [6.45, 7) is 0. The van der Waals surface area contributed by atoms with Gasteiger partial charge in [0.15, 0.2) is 0 Å². The van der Waals surface area contributed by atoms with Gasteiger partial charge in [0.1, 0.15) is 11.9 Å². The van der Waals surface area contributed by atoms with Crippen molar-refractivity contribution in [2.75, 3.05) is 14.2 Å². The second-order valence-electron chi connectivity index (χ2n) is 5.61. The summed E-state index contributed by atoms with van der Waals surface area (Å²) >= 11 is 0. The standard InChI is InChI=1S/C19H19FN2O5/c1-26-17(23)9-8-16(19(25)27-2)22-18(24)13-6-7-15(21-11-13)12-4-3-5-14(20)10-12/h3-7,10-11,16H,8-9H2,1-2H3,(H,22,24)/t16-/m0/s1. The van der Waals surface area contributed by atoms with E-state index >= 15 is 0 Å². The second-order valence-corrected chi connectivity index (χ2v) is 5.61. The van der Waals surface area contributed by atoms with Crippen molar-refractivity contribution in [3.05, 3.63) is 54.0 Å². The van der Waals surface area contributed by atoms with Gasteiger partial charge in [-0.2, -0.15) is 0 Å². The van der Waals surface area contributed by atoms with Crippen molar-refractivity contribution in [2.24, 2.45) is 0 Å². The molecule has 0 saturated carbocycles. The van der Waals surface area contributed by atoms with Crippen LogP contribution in [0.25, 0.3) is 11.3 Å². The molecule has 0 aliphatic rings. The number of benzene rings is 1. The summed E-state index contributed by atoms with van der Waals surface area (Å²) < 4.78 is 22.5. The number of aromatic nitrogens is 1. The van der Waals surface area contributed by atoms with Crippen molar-refractivity contribution in [2.45, 2.75) is 18.9 Å². The van der Waals surface area contributed by atoms with Crippen molar-refractivity contribution in [1.29, 1.82) is 0 Å². The molecule has 1 amide bonds. The number of carbonyl (C=O) groups is 3. The molecule has 0 aliphatic carbocycles. The fourth-order valence-corrected chi connectivity index (χ4v) is 2.34. The van der Waals surface area contributed by atoms with E-state index in [9.17, 15) is 18.8 Å². The topological polar surface area (TPSA) is 94.6 Å². The van der Waals surface area contributed by atoms with Gasteiger partial charge in [0, 0.05) is 18.2 Å². The Balaban J connectivity index is 2.08. The quantitative estimate of drug-likeness (QED) is 0.746. The molecule has 1 N–H and O–H groups in total. The van der Waals surface area contributed by atoms with Gasteiger partial charge >= 0.3 is 11.9 Å². The highest BCUT2D eigenvalue weighted by Gasteiger charge is 2.23. The summed E-state index contributed by atoms with van der Waals surface area (Å²) in [6, 6.07) is 8.02. The molecule has 7 nitrogen and oxygen atoms in total. The number of ether oxygens (including phenoxy) is 2. The number of pyridine rings is 1. The Morgan fingerprint density at radius 2 is 1.93 bits per heavy atom. The van der Waals surface area contributed by atoms with Gasteiger partial charge in [-0.15, -0.1) is 0 Å². The largest absolute Gasteiger partial charge is 0.469 e. The molecule has 0 spiro atoms. The van der Waals surface area contributed by atoms with E-state index in [1.165, 1.54) is 38.6 Å². The van der Waals surface area contributed by atoms with Gasteiger partial charge in [-0.1, -0.05) is 12.1 Å². The van der Waals surface area contributed by atoms with E-state index in [0.29, 0.717) is 11.3 Å². The molecule has 0 unspecified atom stereocenters. The van der Waals surface area contributed by atoms with E-state index in [-0.39, 0.29) is 24.2 Å². The minimum Gasteiger partial charge on any atom is -0.469 e. The van der Waals surface area contributed by atoms with Crippen LogP contribution in [0.4, 0.5) is 4.39 Å². The number of amides is 1. The maximum absolute atomic E-state index is 13.3. The molecule has 27 heavy (non-hydrogen) atoms. The molecule has 1 aromatic carbocycles. The predicted molar refractivity (Wildman–Crippen MR) is 94.2 cm³/mol. The Kier molecular flexibility index (Phi) is 6.99. The highest BCUT2D eigenvalue weighted by atomic mass is 19.1. The molecule has 2 aromatic rings. The van der Waals surface area contributed by atoms with Gasteiger partial charge in [-0.3, -0.25) is 14.6 Å². The Morgan fingerprint density at radius 3 is 2.52 bits per heavy atom. The van der Waals surface area contributed by atoms with E-state index in [4.69, 9.17) is 0 Å². The minimum absolute atomic E-state index is 0.0416. The fraction of sp³-hybridized carbons (Fsp3) is 0.263. The summed E-state index contributed by atoms with van der Waals surface area (Å²) in [4.78, 5) is 39.6. The fourth-order valence-electron chi connectivity index (χ4n) is 2.34. The Bertz CT molecular complexity index is 823. The van der Waals surface area contributed by atoms with Crippen LogP contribution in [0.5, 0.6) is 0 Å². The Hall–Kier alpha value is -3.29. The van der Waals surface area contributed by atoms with Gasteiger partial charge in [-0.25, -0.2) is 9.18 Å². The van der Waals surface area contributed by atoms with Crippen molar-refractivity contribution in [1.82, 2.24) is 10.3 Å². The zero-order valence-electron chi connectivity index (χ0n) is 14.9. The third kappa shape index (κ3) is 5.60. The van der Waals surface area contributed by atoms with Gasteiger partial charge in [0.05, 0.1) is 25.5 Å². The monoisotopic (exact) mass is 374 g/mol. The van der Waals surface area contributed by atoms with Crippen LogP contribution in [-0.4, -0.2) is 43.1 Å². The lowest BCUT2D eigenvalue weighted by Gasteiger charge is -2.16. The molecule has 8 heteroatoms. The maximum Gasteiger partial charge on any atom is 0.328 e. The number of nitrogens with one attached hydrogen (secondary N) is 1. The number of rotatable bonds is 7. The molecule has 1 aromatic heterocycles. The smallest absolute Gasteiger partial charge is 0.328 e. The van der Waals surface area contributed by atoms with Crippen molar-refractivity contribution >= 4 is 17.8 Å². The lowest BCUT2D eigenvalue weighted by Crippen LogP contribution is -2.41. The summed E-state index contributed by atoms with van der Waals surface area (Å²) in [7, 11) is 2.43. The van der Waals surface area contributed by atoms with Crippen molar-refractivity contribution in [3.63, 3.8) is 0 Å². The van der Waals surface area contributed by atoms with E-state index < -0.39 is 23.9 Å². The molecule has 2 rings (SSSR count). The Morgan fingerprint density at radius 1 is 1.15 bits per heavy atom. The number of carbonyl (C=O) groups excluding carboxylic acids is 3. The summed E-state index contributed by atoms with van der Waals surface area (Å²) in [5, 5.41) is 2.51. The molecule has 1 atom stereocenters. The molecular weight excluding hydrogens is 355 g/mol. The SMILES string of the molecule is COC(=O)CC[C@H](NC(=O)c1ccc(-c2cccc(F)c2)nc1)C(=O)OC. The van der Waals surface area contributed by atoms with Crippen molar-refractivity contribution < 1.29 is 28.2 Å². The predicted octanol–water partition coefficient (Wildman–Crippen LogP) is 2.11.